The van der Waals surface area contributed by atoms with E-state index in [1.54, 1.807) is 0 Å². The number of carbonyl (C=O) groups excluding carboxylic acids is 3. The maximum Gasteiger partial charge on any atom is 0.242 e. The molecule has 1 rings (SSSR count). The lowest BCUT2D eigenvalue weighted by molar-refractivity contribution is -0.129. The van der Waals surface area contributed by atoms with Crippen molar-refractivity contribution in [3.8, 4) is 0 Å². The van der Waals surface area contributed by atoms with Gasteiger partial charge in [0.15, 0.2) is 0 Å². The van der Waals surface area contributed by atoms with Crippen molar-refractivity contribution in [3.05, 3.63) is 35.9 Å². The highest BCUT2D eigenvalue weighted by atomic mass is 16.2. The first-order valence-corrected chi connectivity index (χ1v) is 6.88. The Kier molecular flexibility index (Phi) is 6.94. The van der Waals surface area contributed by atoms with Crippen LogP contribution in [0.25, 0.3) is 0 Å². The van der Waals surface area contributed by atoms with Crippen LogP contribution in [0.5, 0.6) is 0 Å². The van der Waals surface area contributed by atoms with Crippen LogP contribution in [0, 0.1) is 0 Å². The number of likely N-dealkylation sites (N-methyl/N-ethyl adjacent to an activating group) is 1. The highest BCUT2D eigenvalue weighted by molar-refractivity contribution is 5.90. The van der Waals surface area contributed by atoms with Gasteiger partial charge < -0.3 is 16.0 Å². The summed E-state index contributed by atoms with van der Waals surface area (Å²) in [5.74, 6) is -0.919. The fourth-order valence-electron chi connectivity index (χ4n) is 1.81. The molecular weight excluding hydrogens is 270 g/mol. The van der Waals surface area contributed by atoms with Gasteiger partial charge in [-0.1, -0.05) is 30.3 Å². The van der Waals surface area contributed by atoms with Crippen LogP contribution in [-0.4, -0.2) is 36.9 Å². The number of hydrogen-bond donors (Lipinski definition) is 3. The Morgan fingerprint density at radius 1 is 1.10 bits per heavy atom. The Morgan fingerprint density at radius 2 is 1.76 bits per heavy atom. The number of hydrogen-bond acceptors (Lipinski definition) is 3. The SMILES string of the molecule is CCNC(=O)[C@H](Cc1ccccc1)NC(=O)CNC(C)=O. The third kappa shape index (κ3) is 6.56. The lowest BCUT2D eigenvalue weighted by Gasteiger charge is -2.18. The van der Waals surface area contributed by atoms with E-state index in [1.807, 2.05) is 37.3 Å². The van der Waals surface area contributed by atoms with E-state index in [0.717, 1.165) is 5.56 Å². The van der Waals surface area contributed by atoms with E-state index in [9.17, 15) is 14.4 Å². The molecule has 0 fully saturated rings. The molecular formula is C15H21N3O3. The van der Waals surface area contributed by atoms with Crippen LogP contribution in [0.3, 0.4) is 0 Å². The molecule has 0 radical (unpaired) electrons. The van der Waals surface area contributed by atoms with Crippen LogP contribution in [-0.2, 0) is 20.8 Å². The number of carbonyl (C=O) groups is 3. The Hall–Kier alpha value is -2.37. The zero-order valence-electron chi connectivity index (χ0n) is 12.3. The summed E-state index contributed by atoms with van der Waals surface area (Å²) in [5.41, 5.74) is 0.952. The molecule has 1 aromatic rings. The summed E-state index contributed by atoms with van der Waals surface area (Å²) in [6, 6.07) is 8.78. The Balaban J connectivity index is 2.66. The largest absolute Gasteiger partial charge is 0.355 e. The molecule has 21 heavy (non-hydrogen) atoms. The second kappa shape index (κ2) is 8.73. The standard InChI is InChI=1S/C15H21N3O3/c1-3-16-15(21)13(9-12-7-5-4-6-8-12)18-14(20)10-17-11(2)19/h4-8,13H,3,9-10H2,1-2H3,(H,16,21)(H,17,19)(H,18,20)/t13-/m0/s1. The van der Waals surface area contributed by atoms with E-state index in [2.05, 4.69) is 16.0 Å². The number of rotatable bonds is 7. The molecule has 0 aliphatic heterocycles. The summed E-state index contributed by atoms with van der Waals surface area (Å²) in [7, 11) is 0. The van der Waals surface area contributed by atoms with Crippen molar-refractivity contribution in [3.63, 3.8) is 0 Å². The molecule has 6 heteroatoms. The maximum absolute atomic E-state index is 12.0. The molecule has 114 valence electrons. The van der Waals surface area contributed by atoms with E-state index >= 15 is 0 Å². The molecule has 0 aliphatic rings. The molecule has 0 aliphatic carbocycles. The molecule has 6 nitrogen and oxygen atoms in total. The van der Waals surface area contributed by atoms with Gasteiger partial charge >= 0.3 is 0 Å². The van der Waals surface area contributed by atoms with Crippen LogP contribution in [0.1, 0.15) is 19.4 Å². The second-order valence-corrected chi connectivity index (χ2v) is 4.61. The van der Waals surface area contributed by atoms with E-state index < -0.39 is 11.9 Å². The van der Waals surface area contributed by atoms with Crippen LogP contribution in [0.2, 0.25) is 0 Å². The van der Waals surface area contributed by atoms with E-state index in [1.165, 1.54) is 6.92 Å². The zero-order valence-corrected chi connectivity index (χ0v) is 12.3. The van der Waals surface area contributed by atoms with Gasteiger partial charge in [0.25, 0.3) is 0 Å². The van der Waals surface area contributed by atoms with Gasteiger partial charge in [0.05, 0.1) is 6.54 Å². The summed E-state index contributed by atoms with van der Waals surface area (Å²) in [4.78, 5) is 34.6. The average Bonchev–Trinajstić information content (AvgIpc) is 2.46. The van der Waals surface area contributed by atoms with Crippen LogP contribution >= 0.6 is 0 Å². The van der Waals surface area contributed by atoms with Gasteiger partial charge in [-0.05, 0) is 12.5 Å². The quantitative estimate of drug-likeness (QED) is 0.660. The Labute approximate surface area is 124 Å². The molecule has 0 saturated heterocycles. The first kappa shape index (κ1) is 16.7. The van der Waals surface area contributed by atoms with E-state index in [4.69, 9.17) is 0 Å². The van der Waals surface area contributed by atoms with Crippen molar-refractivity contribution in [1.29, 1.82) is 0 Å². The van der Waals surface area contributed by atoms with Gasteiger partial charge in [-0.25, -0.2) is 0 Å². The van der Waals surface area contributed by atoms with Crippen molar-refractivity contribution in [1.82, 2.24) is 16.0 Å². The van der Waals surface area contributed by atoms with Crippen LogP contribution in [0.4, 0.5) is 0 Å². The third-order valence-electron chi connectivity index (χ3n) is 2.78. The highest BCUT2D eigenvalue weighted by Crippen LogP contribution is 2.03. The van der Waals surface area contributed by atoms with E-state index in [0.29, 0.717) is 13.0 Å². The van der Waals surface area contributed by atoms with Gasteiger partial charge in [-0.2, -0.15) is 0 Å². The molecule has 1 aromatic carbocycles. The molecule has 1 atom stereocenters. The molecule has 0 saturated carbocycles. The summed E-state index contributed by atoms with van der Waals surface area (Å²) in [6.07, 6.45) is 0.401. The molecule has 0 spiro atoms. The topological polar surface area (TPSA) is 87.3 Å². The highest BCUT2D eigenvalue weighted by Gasteiger charge is 2.20. The zero-order chi connectivity index (χ0) is 15.7. The normalized spacial score (nSPS) is 11.3. The van der Waals surface area contributed by atoms with Gasteiger partial charge in [0.2, 0.25) is 17.7 Å². The molecule has 3 amide bonds. The fraction of sp³-hybridized carbons (Fsp3) is 0.400. The van der Waals surface area contributed by atoms with Gasteiger partial charge in [-0.3, -0.25) is 14.4 Å². The molecule has 0 bridgehead atoms. The number of amides is 3. The molecule has 0 heterocycles. The Bertz CT molecular complexity index is 488. The summed E-state index contributed by atoms with van der Waals surface area (Å²) in [5, 5.41) is 7.74. The predicted molar refractivity (Wildman–Crippen MR) is 79.4 cm³/mol. The van der Waals surface area contributed by atoms with Gasteiger partial charge in [-0.15, -0.1) is 0 Å². The maximum atomic E-state index is 12.0. The Morgan fingerprint density at radius 3 is 2.33 bits per heavy atom. The third-order valence-corrected chi connectivity index (χ3v) is 2.78. The summed E-state index contributed by atoms with van der Waals surface area (Å²) < 4.78 is 0. The van der Waals surface area contributed by atoms with Crippen molar-refractivity contribution < 1.29 is 14.4 Å². The predicted octanol–water partition coefficient (Wildman–Crippen LogP) is -0.0139. The molecule has 3 N–H and O–H groups in total. The first-order chi connectivity index (χ1) is 10.0. The van der Waals surface area contributed by atoms with Crippen LogP contribution < -0.4 is 16.0 Å². The lowest BCUT2D eigenvalue weighted by Crippen LogP contribution is -2.50. The minimum absolute atomic E-state index is 0.139. The molecule has 0 unspecified atom stereocenters. The summed E-state index contributed by atoms with van der Waals surface area (Å²) in [6.45, 7) is 3.50. The summed E-state index contributed by atoms with van der Waals surface area (Å²) >= 11 is 0. The minimum Gasteiger partial charge on any atom is -0.355 e. The van der Waals surface area contributed by atoms with E-state index in [-0.39, 0.29) is 18.4 Å². The smallest absolute Gasteiger partial charge is 0.242 e. The van der Waals surface area contributed by atoms with Crippen molar-refractivity contribution in [2.24, 2.45) is 0 Å². The molecule has 0 aromatic heterocycles. The first-order valence-electron chi connectivity index (χ1n) is 6.88. The van der Waals surface area contributed by atoms with Gasteiger partial charge in [0.1, 0.15) is 6.04 Å². The fourth-order valence-corrected chi connectivity index (χ4v) is 1.81. The number of benzene rings is 1. The van der Waals surface area contributed by atoms with Gasteiger partial charge in [0, 0.05) is 19.9 Å². The monoisotopic (exact) mass is 291 g/mol. The minimum atomic E-state index is -0.659. The number of nitrogens with one attached hydrogen (secondary N) is 3. The lowest BCUT2D eigenvalue weighted by atomic mass is 10.1. The van der Waals surface area contributed by atoms with Crippen LogP contribution in [0.15, 0.2) is 30.3 Å². The average molecular weight is 291 g/mol. The van der Waals surface area contributed by atoms with Crippen molar-refractivity contribution in [2.75, 3.05) is 13.1 Å². The van der Waals surface area contributed by atoms with Crippen molar-refractivity contribution >= 4 is 17.7 Å². The second-order valence-electron chi connectivity index (χ2n) is 4.61. The van der Waals surface area contributed by atoms with Crippen molar-refractivity contribution in [2.45, 2.75) is 26.3 Å².